The smallest absolute Gasteiger partial charge is 0.160 e. The first kappa shape index (κ1) is 10.1. The number of nitrogens with zero attached hydrogens (tertiary/aromatic N) is 2. The van der Waals surface area contributed by atoms with Gasteiger partial charge in [0.1, 0.15) is 11.3 Å². The lowest BCUT2D eigenvalue weighted by Crippen LogP contribution is -1.92. The van der Waals surface area contributed by atoms with Crippen LogP contribution >= 0.6 is 0 Å². The van der Waals surface area contributed by atoms with Crippen LogP contribution in [0, 0.1) is 0 Å². The fraction of sp³-hybridized carbons (Fsp3) is 0. The summed E-state index contributed by atoms with van der Waals surface area (Å²) in [5, 5.41) is 1.16. The maximum Gasteiger partial charge on any atom is 0.160 e. The molecule has 5 heteroatoms. The number of para-hydroxylation sites is 1. The number of hydrogen-bond donors (Lipinski definition) is 3. The first-order valence-corrected chi connectivity index (χ1v) is 5.99. The van der Waals surface area contributed by atoms with Crippen LogP contribution in [0.1, 0.15) is 0 Å². The van der Waals surface area contributed by atoms with Crippen LogP contribution in [-0.2, 0) is 0 Å². The van der Waals surface area contributed by atoms with Gasteiger partial charge in [0.15, 0.2) is 5.65 Å². The Morgan fingerprint density at radius 2 is 2.00 bits per heavy atom. The molecule has 0 aliphatic rings. The number of anilines is 1. The Bertz CT molecular complexity index is 854. The molecule has 0 saturated heterocycles. The third-order valence-corrected chi connectivity index (χ3v) is 3.23. The number of benzene rings is 1. The zero-order chi connectivity index (χ0) is 12.8. The topological polar surface area (TPSA) is 83.4 Å². The Balaban J connectivity index is 2.05. The predicted octanol–water partition coefficient (Wildman–Crippen LogP) is 2.69. The molecule has 0 amide bonds. The number of nitrogens with one attached hydrogen (secondary N) is 2. The van der Waals surface area contributed by atoms with Gasteiger partial charge in [-0.2, -0.15) is 0 Å². The van der Waals surface area contributed by atoms with Gasteiger partial charge in [0, 0.05) is 22.2 Å². The SMILES string of the molecule is Nc1cc(-c2cc3ccccc3[nH]2)c2nc[nH]c2n1. The van der Waals surface area contributed by atoms with Crippen LogP contribution in [-0.4, -0.2) is 19.9 Å². The molecule has 0 aliphatic carbocycles. The van der Waals surface area contributed by atoms with Crippen molar-refractivity contribution in [2.24, 2.45) is 0 Å². The van der Waals surface area contributed by atoms with Gasteiger partial charge in [0.05, 0.1) is 6.33 Å². The summed E-state index contributed by atoms with van der Waals surface area (Å²) in [5.41, 5.74) is 10.4. The second kappa shape index (κ2) is 3.58. The third kappa shape index (κ3) is 1.48. The van der Waals surface area contributed by atoms with Gasteiger partial charge in [-0.25, -0.2) is 9.97 Å². The van der Waals surface area contributed by atoms with Crippen molar-refractivity contribution in [3.63, 3.8) is 0 Å². The van der Waals surface area contributed by atoms with Crippen molar-refractivity contribution in [1.29, 1.82) is 0 Å². The van der Waals surface area contributed by atoms with E-state index in [1.54, 1.807) is 6.33 Å². The summed E-state index contributed by atoms with van der Waals surface area (Å²) in [5.74, 6) is 0.477. The molecule has 4 aromatic rings. The average molecular weight is 249 g/mol. The van der Waals surface area contributed by atoms with Gasteiger partial charge in [0.25, 0.3) is 0 Å². The summed E-state index contributed by atoms with van der Waals surface area (Å²) in [4.78, 5) is 14.9. The summed E-state index contributed by atoms with van der Waals surface area (Å²) < 4.78 is 0. The molecule has 0 spiro atoms. The van der Waals surface area contributed by atoms with Crippen molar-refractivity contribution < 1.29 is 0 Å². The van der Waals surface area contributed by atoms with E-state index in [1.807, 2.05) is 24.3 Å². The van der Waals surface area contributed by atoms with E-state index >= 15 is 0 Å². The largest absolute Gasteiger partial charge is 0.384 e. The monoisotopic (exact) mass is 249 g/mol. The highest BCUT2D eigenvalue weighted by atomic mass is 15.0. The second-order valence-corrected chi connectivity index (χ2v) is 4.46. The predicted molar refractivity (Wildman–Crippen MR) is 75.6 cm³/mol. The molecule has 19 heavy (non-hydrogen) atoms. The Morgan fingerprint density at radius 1 is 1.11 bits per heavy atom. The number of nitrogens with two attached hydrogens (primary N) is 1. The van der Waals surface area contributed by atoms with Crippen LogP contribution < -0.4 is 5.73 Å². The molecule has 1 aromatic carbocycles. The molecule has 0 unspecified atom stereocenters. The molecular formula is C14H11N5. The minimum Gasteiger partial charge on any atom is -0.384 e. The van der Waals surface area contributed by atoms with Gasteiger partial charge in [-0.15, -0.1) is 0 Å². The van der Waals surface area contributed by atoms with E-state index in [0.717, 1.165) is 27.7 Å². The number of fused-ring (bicyclic) bond motifs is 2. The molecule has 5 nitrogen and oxygen atoms in total. The fourth-order valence-electron chi connectivity index (χ4n) is 2.37. The lowest BCUT2D eigenvalue weighted by atomic mass is 10.1. The van der Waals surface area contributed by atoms with Crippen LogP contribution in [0.2, 0.25) is 0 Å². The number of H-pyrrole nitrogens is 2. The molecule has 0 saturated carbocycles. The van der Waals surface area contributed by atoms with Crippen molar-refractivity contribution in [2.75, 3.05) is 5.73 Å². The van der Waals surface area contributed by atoms with Crippen molar-refractivity contribution in [3.8, 4) is 11.3 Å². The summed E-state index contributed by atoms with van der Waals surface area (Å²) in [6.07, 6.45) is 1.63. The van der Waals surface area contributed by atoms with Gasteiger partial charge in [-0.3, -0.25) is 0 Å². The maximum atomic E-state index is 5.84. The lowest BCUT2D eigenvalue weighted by molar-refractivity contribution is 1.31. The van der Waals surface area contributed by atoms with Crippen LogP contribution in [0.25, 0.3) is 33.3 Å². The zero-order valence-corrected chi connectivity index (χ0v) is 10.0. The summed E-state index contributed by atoms with van der Waals surface area (Å²) in [6.45, 7) is 0. The highest BCUT2D eigenvalue weighted by Gasteiger charge is 2.11. The van der Waals surface area contributed by atoms with E-state index in [1.165, 1.54) is 0 Å². The Morgan fingerprint density at radius 3 is 2.89 bits per heavy atom. The quantitative estimate of drug-likeness (QED) is 0.485. The standard InChI is InChI=1S/C14H11N5/c15-12-6-9(13-14(19-12)17-7-16-13)11-5-8-3-1-2-4-10(8)18-11/h1-7,18H,(H3,15,16,17,19). The summed E-state index contributed by atoms with van der Waals surface area (Å²) in [7, 11) is 0. The molecule has 92 valence electrons. The molecule has 3 heterocycles. The van der Waals surface area contributed by atoms with E-state index in [2.05, 4.69) is 32.1 Å². The van der Waals surface area contributed by atoms with Crippen molar-refractivity contribution in [3.05, 3.63) is 42.7 Å². The van der Waals surface area contributed by atoms with E-state index < -0.39 is 0 Å². The van der Waals surface area contributed by atoms with Crippen LogP contribution in [0.15, 0.2) is 42.7 Å². The van der Waals surface area contributed by atoms with E-state index in [0.29, 0.717) is 11.5 Å². The molecule has 0 fully saturated rings. The van der Waals surface area contributed by atoms with Crippen LogP contribution in [0.3, 0.4) is 0 Å². The lowest BCUT2D eigenvalue weighted by Gasteiger charge is -2.01. The van der Waals surface area contributed by atoms with Gasteiger partial charge < -0.3 is 15.7 Å². The van der Waals surface area contributed by atoms with Crippen LogP contribution in [0.4, 0.5) is 5.82 Å². The Labute approximate surface area is 108 Å². The average Bonchev–Trinajstić information content (AvgIpc) is 3.03. The minimum absolute atomic E-state index is 0.477. The summed E-state index contributed by atoms with van der Waals surface area (Å²) in [6, 6.07) is 12.1. The Hall–Kier alpha value is -2.82. The highest BCUT2D eigenvalue weighted by molar-refractivity contribution is 5.94. The number of hydrogen-bond acceptors (Lipinski definition) is 3. The number of nitrogen functional groups attached to an aromatic ring is 1. The van der Waals surface area contributed by atoms with E-state index in [9.17, 15) is 0 Å². The van der Waals surface area contributed by atoms with Gasteiger partial charge >= 0.3 is 0 Å². The zero-order valence-electron chi connectivity index (χ0n) is 10.0. The first-order valence-electron chi connectivity index (χ1n) is 5.99. The number of rotatable bonds is 1. The van der Waals surface area contributed by atoms with Crippen molar-refractivity contribution in [2.45, 2.75) is 0 Å². The minimum atomic E-state index is 0.477. The molecule has 0 radical (unpaired) electrons. The van der Waals surface area contributed by atoms with Crippen molar-refractivity contribution in [1.82, 2.24) is 19.9 Å². The molecule has 4 N–H and O–H groups in total. The maximum absolute atomic E-state index is 5.84. The molecule has 3 aromatic heterocycles. The molecule has 0 bridgehead atoms. The third-order valence-electron chi connectivity index (χ3n) is 3.23. The number of imidazole rings is 1. The number of aromatic nitrogens is 4. The van der Waals surface area contributed by atoms with E-state index in [4.69, 9.17) is 5.73 Å². The molecule has 4 rings (SSSR count). The first-order chi connectivity index (χ1) is 9.31. The number of pyridine rings is 1. The second-order valence-electron chi connectivity index (χ2n) is 4.46. The molecular weight excluding hydrogens is 238 g/mol. The van der Waals surface area contributed by atoms with Gasteiger partial charge in [-0.1, -0.05) is 18.2 Å². The van der Waals surface area contributed by atoms with Crippen LogP contribution in [0.5, 0.6) is 0 Å². The number of aromatic amines is 2. The molecule has 0 atom stereocenters. The highest BCUT2D eigenvalue weighted by Crippen LogP contribution is 2.29. The van der Waals surface area contributed by atoms with Gasteiger partial charge in [-0.05, 0) is 18.2 Å². The normalized spacial score (nSPS) is 11.4. The Kier molecular flexibility index (Phi) is 1.91. The fourth-order valence-corrected chi connectivity index (χ4v) is 2.37. The van der Waals surface area contributed by atoms with Crippen molar-refractivity contribution >= 4 is 27.9 Å². The summed E-state index contributed by atoms with van der Waals surface area (Å²) >= 11 is 0. The molecule has 0 aliphatic heterocycles. The van der Waals surface area contributed by atoms with Gasteiger partial charge in [0.2, 0.25) is 0 Å². The van der Waals surface area contributed by atoms with E-state index in [-0.39, 0.29) is 0 Å².